The highest BCUT2D eigenvalue weighted by Gasteiger charge is 2.25. The van der Waals surface area contributed by atoms with E-state index in [0.29, 0.717) is 0 Å². The van der Waals surface area contributed by atoms with Crippen molar-refractivity contribution in [3.8, 4) is 11.1 Å². The average molecular weight is 415 g/mol. The van der Waals surface area contributed by atoms with Crippen molar-refractivity contribution in [1.82, 2.24) is 4.40 Å². The van der Waals surface area contributed by atoms with Crippen LogP contribution in [0.2, 0.25) is 0 Å². The number of halogens is 1. The summed E-state index contributed by atoms with van der Waals surface area (Å²) in [7, 11) is 2.08. The van der Waals surface area contributed by atoms with Gasteiger partial charge in [0, 0.05) is 22.4 Å². The monoisotopic (exact) mass is 415 g/mol. The van der Waals surface area contributed by atoms with Crippen molar-refractivity contribution in [2.24, 2.45) is 7.05 Å². The summed E-state index contributed by atoms with van der Waals surface area (Å²) in [6.07, 6.45) is 2.03. The molecule has 3 aromatic heterocycles. The van der Waals surface area contributed by atoms with E-state index < -0.39 is 0 Å². The highest BCUT2D eigenvalue weighted by Crippen LogP contribution is 2.43. The number of pyridine rings is 2. The smallest absolute Gasteiger partial charge is 0.224 e. The van der Waals surface area contributed by atoms with Gasteiger partial charge in [-0.15, -0.1) is 0 Å². The first-order valence-electron chi connectivity index (χ1n) is 10.9. The van der Waals surface area contributed by atoms with Gasteiger partial charge in [0.25, 0.3) is 0 Å². The summed E-state index contributed by atoms with van der Waals surface area (Å²) in [5.74, 6) is -0.212. The quantitative estimate of drug-likeness (QED) is 0.156. The summed E-state index contributed by atoms with van der Waals surface area (Å²) < 4.78 is 19.4. The van der Waals surface area contributed by atoms with Crippen molar-refractivity contribution in [3.63, 3.8) is 0 Å². The van der Waals surface area contributed by atoms with Crippen molar-refractivity contribution >= 4 is 49.0 Å². The molecule has 7 rings (SSSR count). The van der Waals surface area contributed by atoms with Crippen LogP contribution in [0.3, 0.4) is 0 Å². The van der Waals surface area contributed by atoms with Gasteiger partial charge >= 0.3 is 0 Å². The molecule has 2 nitrogen and oxygen atoms in total. The van der Waals surface area contributed by atoms with E-state index in [1.165, 1.54) is 21.7 Å². The fourth-order valence-electron chi connectivity index (χ4n) is 5.57. The van der Waals surface area contributed by atoms with Crippen LogP contribution in [0.5, 0.6) is 0 Å². The summed E-state index contributed by atoms with van der Waals surface area (Å²) in [4.78, 5) is 0. The Morgan fingerprint density at radius 1 is 0.781 bits per heavy atom. The Labute approximate surface area is 184 Å². The van der Waals surface area contributed by atoms with Crippen LogP contribution >= 0.6 is 0 Å². The first-order valence-corrected chi connectivity index (χ1v) is 10.9. The molecular weight excluding hydrogens is 395 g/mol. The molecule has 0 bridgehead atoms. The third kappa shape index (κ3) is 2.10. The molecule has 32 heavy (non-hydrogen) atoms. The number of para-hydroxylation sites is 1. The predicted molar refractivity (Wildman–Crippen MR) is 130 cm³/mol. The fraction of sp³-hybridized carbons (Fsp3) is 0.0690. The average Bonchev–Trinajstić information content (AvgIpc) is 3.15. The summed E-state index contributed by atoms with van der Waals surface area (Å²) in [6, 6.07) is 26.7. The van der Waals surface area contributed by atoms with Crippen LogP contribution < -0.4 is 4.57 Å². The number of nitrogens with zero attached hydrogens (tertiary/aromatic N) is 2. The molecule has 0 aliphatic heterocycles. The van der Waals surface area contributed by atoms with E-state index in [1.54, 1.807) is 12.1 Å². The van der Waals surface area contributed by atoms with Crippen molar-refractivity contribution in [2.45, 2.75) is 6.92 Å². The molecule has 3 heterocycles. The molecule has 0 aliphatic carbocycles. The van der Waals surface area contributed by atoms with Gasteiger partial charge in [-0.1, -0.05) is 60.7 Å². The Kier molecular flexibility index (Phi) is 3.34. The maximum Gasteiger partial charge on any atom is 0.224 e. The number of hydrogen-bond acceptors (Lipinski definition) is 0. The van der Waals surface area contributed by atoms with Gasteiger partial charge < -0.3 is 4.40 Å². The molecule has 0 amide bonds. The van der Waals surface area contributed by atoms with Crippen LogP contribution in [0.15, 0.2) is 85.1 Å². The lowest BCUT2D eigenvalue weighted by Crippen LogP contribution is -2.29. The Morgan fingerprint density at radius 2 is 1.59 bits per heavy atom. The van der Waals surface area contributed by atoms with E-state index in [0.717, 1.165) is 44.0 Å². The summed E-state index contributed by atoms with van der Waals surface area (Å²) >= 11 is 0. The molecule has 0 saturated carbocycles. The largest absolute Gasteiger partial charge is 0.307 e. The van der Waals surface area contributed by atoms with Gasteiger partial charge in [0.05, 0.1) is 27.3 Å². The zero-order chi connectivity index (χ0) is 21.6. The molecule has 0 atom stereocenters. The minimum absolute atomic E-state index is 0.212. The van der Waals surface area contributed by atoms with E-state index in [9.17, 15) is 4.39 Å². The number of aromatic nitrogens is 2. The third-order valence-electron chi connectivity index (χ3n) is 6.90. The first-order chi connectivity index (χ1) is 15.6. The SMILES string of the molecule is Cc1ccc2c3cccc(-c4ccccc4)c3n3c4cc(F)cc5cc[n+](C)c(c1c23)c54. The summed E-state index contributed by atoms with van der Waals surface area (Å²) in [5.41, 5.74) is 7.89. The van der Waals surface area contributed by atoms with Gasteiger partial charge in [0.2, 0.25) is 5.52 Å². The second kappa shape index (κ2) is 6.04. The molecule has 4 aromatic carbocycles. The van der Waals surface area contributed by atoms with Crippen LogP contribution in [0, 0.1) is 12.7 Å². The van der Waals surface area contributed by atoms with Crippen LogP contribution in [-0.2, 0) is 7.05 Å². The van der Waals surface area contributed by atoms with E-state index in [4.69, 9.17) is 0 Å². The van der Waals surface area contributed by atoms with Crippen molar-refractivity contribution in [3.05, 3.63) is 96.4 Å². The molecule has 0 radical (unpaired) electrons. The normalized spacial score (nSPS) is 12.2. The first kappa shape index (κ1) is 17.7. The molecule has 0 saturated heterocycles. The van der Waals surface area contributed by atoms with E-state index in [2.05, 4.69) is 77.5 Å². The minimum atomic E-state index is -0.212. The Bertz CT molecular complexity index is 1850. The highest BCUT2D eigenvalue weighted by molar-refractivity contribution is 6.27. The number of aryl methyl sites for hydroxylation is 2. The predicted octanol–water partition coefficient (Wildman–Crippen LogP) is 6.93. The van der Waals surface area contributed by atoms with Gasteiger partial charge in [0.1, 0.15) is 12.9 Å². The maximum atomic E-state index is 14.9. The van der Waals surface area contributed by atoms with Crippen LogP contribution in [0.25, 0.3) is 60.1 Å². The van der Waals surface area contributed by atoms with E-state index >= 15 is 0 Å². The molecule has 0 aliphatic rings. The van der Waals surface area contributed by atoms with Gasteiger partial charge in [-0.3, -0.25) is 0 Å². The van der Waals surface area contributed by atoms with E-state index in [1.807, 2.05) is 18.3 Å². The number of benzene rings is 4. The van der Waals surface area contributed by atoms with Crippen molar-refractivity contribution in [2.75, 3.05) is 0 Å². The fourth-order valence-corrected chi connectivity index (χ4v) is 5.57. The summed E-state index contributed by atoms with van der Waals surface area (Å²) in [6.45, 7) is 2.17. The van der Waals surface area contributed by atoms with Gasteiger partial charge in [-0.05, 0) is 35.6 Å². The highest BCUT2D eigenvalue weighted by atomic mass is 19.1. The second-order valence-corrected chi connectivity index (χ2v) is 8.72. The number of fused-ring (bicyclic) bond motifs is 5. The van der Waals surface area contributed by atoms with Crippen molar-refractivity contribution < 1.29 is 8.96 Å². The Hall–Kier alpha value is -3.98. The molecular formula is C29H20FN2+. The lowest BCUT2D eigenvalue weighted by molar-refractivity contribution is -0.643. The second-order valence-electron chi connectivity index (χ2n) is 8.72. The topological polar surface area (TPSA) is 8.29 Å². The van der Waals surface area contributed by atoms with Crippen LogP contribution in [0.1, 0.15) is 5.56 Å². The molecule has 0 N–H and O–H groups in total. The number of rotatable bonds is 1. The minimum Gasteiger partial charge on any atom is -0.307 e. The summed E-state index contributed by atoms with van der Waals surface area (Å²) in [5, 5.41) is 5.64. The van der Waals surface area contributed by atoms with Gasteiger partial charge in [0.15, 0.2) is 6.20 Å². The Morgan fingerprint density at radius 3 is 2.44 bits per heavy atom. The molecule has 0 fully saturated rings. The lowest BCUT2D eigenvalue weighted by Gasteiger charge is -2.14. The molecule has 3 heteroatoms. The molecule has 7 aromatic rings. The van der Waals surface area contributed by atoms with Crippen LogP contribution in [0.4, 0.5) is 4.39 Å². The molecule has 152 valence electrons. The van der Waals surface area contributed by atoms with Crippen LogP contribution in [-0.4, -0.2) is 4.40 Å². The molecule has 0 spiro atoms. The Balaban J connectivity index is 1.90. The zero-order valence-corrected chi connectivity index (χ0v) is 17.9. The maximum absolute atomic E-state index is 14.9. The van der Waals surface area contributed by atoms with Crippen molar-refractivity contribution in [1.29, 1.82) is 0 Å². The number of hydrogen-bond donors (Lipinski definition) is 0. The van der Waals surface area contributed by atoms with Gasteiger partial charge in [-0.2, -0.15) is 0 Å². The zero-order valence-electron chi connectivity index (χ0n) is 17.9. The standard InChI is InChI=1S/C29H20FN2/c1-17-11-12-23-22-10-6-9-21(18-7-4-3-5-8-18)27(22)32-24-16-20(30)15-19-13-14-31(2)29(26(19)24)25(17)28(23)32/h3-16H,1-2H3/q+1. The van der Waals surface area contributed by atoms with E-state index in [-0.39, 0.29) is 5.82 Å². The molecule has 0 unspecified atom stereocenters. The van der Waals surface area contributed by atoms with Gasteiger partial charge in [-0.25, -0.2) is 8.96 Å². The third-order valence-corrected chi connectivity index (χ3v) is 6.90. The lowest BCUT2D eigenvalue weighted by atomic mass is 9.99.